The number of hydrogen-bond donors (Lipinski definition) is 1. The normalized spacial score (nSPS) is 12.7. The van der Waals surface area contributed by atoms with Gasteiger partial charge in [-0.3, -0.25) is 4.79 Å². The van der Waals surface area contributed by atoms with Crippen molar-refractivity contribution in [3.8, 4) is 11.5 Å². The van der Waals surface area contributed by atoms with Crippen LogP contribution in [0.5, 0.6) is 11.5 Å². The van der Waals surface area contributed by atoms with E-state index in [1.54, 1.807) is 11.8 Å². The minimum absolute atomic E-state index is 0.0828. The van der Waals surface area contributed by atoms with Crippen LogP contribution in [0, 0.1) is 6.92 Å². The summed E-state index contributed by atoms with van der Waals surface area (Å²) in [5.74, 6) is 2.52. The van der Waals surface area contributed by atoms with Crippen molar-refractivity contribution < 1.29 is 14.3 Å². The quantitative estimate of drug-likeness (QED) is 0.607. The Morgan fingerprint density at radius 2 is 1.84 bits per heavy atom. The van der Waals surface area contributed by atoms with Crippen LogP contribution in [0.4, 0.5) is 0 Å². The van der Waals surface area contributed by atoms with E-state index >= 15 is 0 Å². The molecule has 132 valence electrons. The van der Waals surface area contributed by atoms with E-state index in [1.807, 2.05) is 18.2 Å². The van der Waals surface area contributed by atoms with Crippen molar-refractivity contribution in [3.63, 3.8) is 0 Å². The number of benzene rings is 2. The molecule has 0 bridgehead atoms. The molecule has 0 radical (unpaired) electrons. The summed E-state index contributed by atoms with van der Waals surface area (Å²) in [6, 6.07) is 14.3. The van der Waals surface area contributed by atoms with Crippen LogP contribution in [-0.2, 0) is 11.2 Å². The maximum absolute atomic E-state index is 12.0. The third kappa shape index (κ3) is 5.43. The van der Waals surface area contributed by atoms with E-state index in [0.717, 1.165) is 22.8 Å². The van der Waals surface area contributed by atoms with Crippen molar-refractivity contribution in [3.05, 3.63) is 53.6 Å². The molecule has 1 heterocycles. The molecule has 25 heavy (non-hydrogen) atoms. The Hall–Kier alpha value is -2.14. The van der Waals surface area contributed by atoms with Crippen LogP contribution in [0.15, 0.2) is 47.4 Å². The number of aryl methyl sites for hydroxylation is 2. The number of carbonyl (C=O) groups is 1. The summed E-state index contributed by atoms with van der Waals surface area (Å²) in [4.78, 5) is 13.2. The summed E-state index contributed by atoms with van der Waals surface area (Å²) in [5, 5.41) is 2.98. The molecule has 0 aliphatic carbocycles. The second kappa shape index (κ2) is 8.81. The predicted octanol–water partition coefficient (Wildman–Crippen LogP) is 3.61. The van der Waals surface area contributed by atoms with E-state index < -0.39 is 0 Å². The summed E-state index contributed by atoms with van der Waals surface area (Å²) >= 11 is 1.76. The van der Waals surface area contributed by atoms with Gasteiger partial charge in [0.25, 0.3) is 0 Å². The highest BCUT2D eigenvalue weighted by Gasteiger charge is 2.12. The lowest BCUT2D eigenvalue weighted by Gasteiger charge is -2.18. The first-order valence-corrected chi connectivity index (χ1v) is 9.54. The lowest BCUT2D eigenvalue weighted by Crippen LogP contribution is -2.25. The molecule has 3 rings (SSSR count). The van der Waals surface area contributed by atoms with Crippen LogP contribution in [-0.4, -0.2) is 31.4 Å². The fourth-order valence-electron chi connectivity index (χ4n) is 2.58. The van der Waals surface area contributed by atoms with Crippen molar-refractivity contribution >= 4 is 17.7 Å². The van der Waals surface area contributed by atoms with Crippen molar-refractivity contribution in [2.75, 3.05) is 25.5 Å². The molecule has 2 aromatic rings. The largest absolute Gasteiger partial charge is 0.486 e. The van der Waals surface area contributed by atoms with Crippen molar-refractivity contribution in [2.24, 2.45) is 0 Å². The molecule has 0 atom stereocenters. The number of thioether (sulfide) groups is 1. The van der Waals surface area contributed by atoms with Gasteiger partial charge in [0.15, 0.2) is 11.5 Å². The maximum Gasteiger partial charge on any atom is 0.220 e. The maximum atomic E-state index is 12.0. The monoisotopic (exact) mass is 357 g/mol. The molecular weight excluding hydrogens is 334 g/mol. The van der Waals surface area contributed by atoms with Gasteiger partial charge in [0.05, 0.1) is 0 Å². The highest BCUT2D eigenvalue weighted by molar-refractivity contribution is 7.99. The number of amides is 1. The summed E-state index contributed by atoms with van der Waals surface area (Å²) in [7, 11) is 0. The van der Waals surface area contributed by atoms with Gasteiger partial charge in [-0.1, -0.05) is 23.8 Å². The van der Waals surface area contributed by atoms with E-state index in [1.165, 1.54) is 10.5 Å². The third-order valence-electron chi connectivity index (χ3n) is 3.96. The first-order chi connectivity index (χ1) is 12.2. The van der Waals surface area contributed by atoms with Crippen LogP contribution in [0.1, 0.15) is 17.5 Å². The second-order valence-electron chi connectivity index (χ2n) is 5.99. The molecule has 0 unspecified atom stereocenters. The Kier molecular flexibility index (Phi) is 6.23. The van der Waals surface area contributed by atoms with Crippen molar-refractivity contribution in [1.29, 1.82) is 0 Å². The molecule has 2 aromatic carbocycles. The van der Waals surface area contributed by atoms with E-state index in [4.69, 9.17) is 9.47 Å². The molecule has 0 spiro atoms. The topological polar surface area (TPSA) is 47.6 Å². The van der Waals surface area contributed by atoms with Gasteiger partial charge >= 0.3 is 0 Å². The first-order valence-electron chi connectivity index (χ1n) is 8.55. The average Bonchev–Trinajstić information content (AvgIpc) is 2.65. The summed E-state index contributed by atoms with van der Waals surface area (Å²) in [5.41, 5.74) is 2.35. The Labute approximate surface area is 152 Å². The molecular formula is C20H23NO3S. The zero-order valence-electron chi connectivity index (χ0n) is 14.4. The molecule has 5 heteroatoms. The van der Waals surface area contributed by atoms with Gasteiger partial charge in [0.1, 0.15) is 13.2 Å². The number of hydrogen-bond acceptors (Lipinski definition) is 4. The lowest BCUT2D eigenvalue weighted by atomic mass is 10.1. The third-order valence-corrected chi connectivity index (χ3v) is 4.98. The number of carbonyl (C=O) groups excluding carboxylic acids is 1. The number of ether oxygens (including phenoxy) is 2. The van der Waals surface area contributed by atoms with Crippen LogP contribution >= 0.6 is 11.8 Å². The SMILES string of the molecule is Cc1ccc(SCCNC(=O)CCc2ccc3c(c2)OCCO3)cc1. The van der Waals surface area contributed by atoms with Crippen LogP contribution < -0.4 is 14.8 Å². The summed E-state index contributed by atoms with van der Waals surface area (Å²) in [6.07, 6.45) is 1.18. The Morgan fingerprint density at radius 1 is 1.08 bits per heavy atom. The molecule has 0 aromatic heterocycles. The number of nitrogens with one attached hydrogen (secondary N) is 1. The van der Waals surface area contributed by atoms with Gasteiger partial charge in [0.2, 0.25) is 5.91 Å². The van der Waals surface area contributed by atoms with E-state index in [2.05, 4.69) is 36.5 Å². The molecule has 1 N–H and O–H groups in total. The van der Waals surface area contributed by atoms with Gasteiger partial charge in [-0.05, 0) is 43.2 Å². The smallest absolute Gasteiger partial charge is 0.220 e. The molecule has 0 saturated carbocycles. The molecule has 1 aliphatic heterocycles. The second-order valence-corrected chi connectivity index (χ2v) is 7.16. The van der Waals surface area contributed by atoms with Crippen molar-refractivity contribution in [1.82, 2.24) is 5.32 Å². The highest BCUT2D eigenvalue weighted by Crippen LogP contribution is 2.31. The van der Waals surface area contributed by atoms with Crippen LogP contribution in [0.2, 0.25) is 0 Å². The van der Waals surface area contributed by atoms with E-state index in [-0.39, 0.29) is 5.91 Å². The lowest BCUT2D eigenvalue weighted by molar-refractivity contribution is -0.120. The summed E-state index contributed by atoms with van der Waals surface area (Å²) < 4.78 is 11.1. The van der Waals surface area contributed by atoms with Gasteiger partial charge in [-0.25, -0.2) is 0 Å². The average molecular weight is 357 g/mol. The van der Waals surface area contributed by atoms with Crippen LogP contribution in [0.25, 0.3) is 0 Å². The predicted molar refractivity (Wildman–Crippen MR) is 101 cm³/mol. The van der Waals surface area contributed by atoms with E-state index in [0.29, 0.717) is 32.6 Å². The zero-order valence-corrected chi connectivity index (χ0v) is 15.2. The molecule has 4 nitrogen and oxygen atoms in total. The first kappa shape index (κ1) is 17.7. The Morgan fingerprint density at radius 3 is 2.64 bits per heavy atom. The Balaban J connectivity index is 1.36. The number of fused-ring (bicyclic) bond motifs is 1. The van der Waals surface area contributed by atoms with Gasteiger partial charge < -0.3 is 14.8 Å². The Bertz CT molecular complexity index is 715. The molecule has 0 saturated heterocycles. The minimum Gasteiger partial charge on any atom is -0.486 e. The molecule has 1 aliphatic rings. The van der Waals surface area contributed by atoms with E-state index in [9.17, 15) is 4.79 Å². The minimum atomic E-state index is 0.0828. The van der Waals surface area contributed by atoms with Gasteiger partial charge in [0, 0.05) is 23.6 Å². The standard InChI is InChI=1S/C20H23NO3S/c1-15-2-6-17(7-3-15)25-13-10-21-20(22)9-5-16-4-8-18-19(14-16)24-12-11-23-18/h2-4,6-8,14H,5,9-13H2,1H3,(H,21,22). The fourth-order valence-corrected chi connectivity index (χ4v) is 3.35. The van der Waals surface area contributed by atoms with Gasteiger partial charge in [-0.2, -0.15) is 0 Å². The molecule has 1 amide bonds. The highest BCUT2D eigenvalue weighted by atomic mass is 32.2. The van der Waals surface area contributed by atoms with Gasteiger partial charge in [-0.15, -0.1) is 11.8 Å². The molecule has 0 fully saturated rings. The zero-order chi connectivity index (χ0) is 17.5. The van der Waals surface area contributed by atoms with Crippen LogP contribution in [0.3, 0.4) is 0 Å². The van der Waals surface area contributed by atoms with Crippen molar-refractivity contribution in [2.45, 2.75) is 24.7 Å². The fraction of sp³-hybridized carbons (Fsp3) is 0.350. The number of rotatable bonds is 7. The summed E-state index contributed by atoms with van der Waals surface area (Å²) in [6.45, 7) is 3.93.